The molecular formula is C16H27N3O2. The summed E-state index contributed by atoms with van der Waals surface area (Å²) in [5, 5.41) is 3.39. The lowest BCUT2D eigenvalue weighted by molar-refractivity contribution is 0.195. The van der Waals surface area contributed by atoms with Crippen molar-refractivity contribution < 1.29 is 9.47 Å². The van der Waals surface area contributed by atoms with Crippen LogP contribution in [0, 0.1) is 0 Å². The Morgan fingerprint density at radius 2 is 1.90 bits per heavy atom. The molecule has 5 heteroatoms. The van der Waals surface area contributed by atoms with Crippen molar-refractivity contribution in [3.8, 4) is 5.75 Å². The second kappa shape index (κ2) is 8.87. The number of hydrogen-bond donors (Lipinski definition) is 1. The van der Waals surface area contributed by atoms with Gasteiger partial charge in [-0.1, -0.05) is 6.07 Å². The summed E-state index contributed by atoms with van der Waals surface area (Å²) in [6.07, 6.45) is 0. The minimum absolute atomic E-state index is 0.781. The van der Waals surface area contributed by atoms with Gasteiger partial charge in [0.15, 0.2) is 0 Å². The average molecular weight is 293 g/mol. The van der Waals surface area contributed by atoms with Gasteiger partial charge in [0.1, 0.15) is 5.75 Å². The van der Waals surface area contributed by atoms with Crippen LogP contribution < -0.4 is 15.0 Å². The average Bonchev–Trinajstić information content (AvgIpc) is 2.55. The van der Waals surface area contributed by atoms with Gasteiger partial charge in [-0.3, -0.25) is 4.90 Å². The van der Waals surface area contributed by atoms with E-state index < -0.39 is 0 Å². The number of piperazine rings is 1. The molecule has 21 heavy (non-hydrogen) atoms. The molecule has 1 heterocycles. The molecule has 0 amide bonds. The third-order valence-corrected chi connectivity index (χ3v) is 3.88. The fourth-order valence-electron chi connectivity index (χ4n) is 2.57. The van der Waals surface area contributed by atoms with Crippen LogP contribution in [-0.4, -0.2) is 71.5 Å². The van der Waals surface area contributed by atoms with E-state index in [4.69, 9.17) is 9.47 Å². The molecule has 0 spiro atoms. The van der Waals surface area contributed by atoms with E-state index in [0.29, 0.717) is 0 Å². The van der Waals surface area contributed by atoms with Crippen LogP contribution in [0.4, 0.5) is 5.69 Å². The SMILES string of the molecule is COCCNCCN1CCN(c2cccc(OC)c2)CC1. The summed E-state index contributed by atoms with van der Waals surface area (Å²) in [6, 6.07) is 8.32. The van der Waals surface area contributed by atoms with Crippen molar-refractivity contribution in [2.45, 2.75) is 0 Å². The Bertz CT molecular complexity index is 406. The van der Waals surface area contributed by atoms with E-state index in [2.05, 4.69) is 33.3 Å². The maximum atomic E-state index is 5.30. The Morgan fingerprint density at radius 3 is 2.62 bits per heavy atom. The van der Waals surface area contributed by atoms with Gasteiger partial charge in [0, 0.05) is 64.7 Å². The van der Waals surface area contributed by atoms with E-state index >= 15 is 0 Å². The minimum atomic E-state index is 0.781. The lowest BCUT2D eigenvalue weighted by Crippen LogP contribution is -2.48. The summed E-state index contributed by atoms with van der Waals surface area (Å²) in [5.41, 5.74) is 1.26. The van der Waals surface area contributed by atoms with Crippen LogP contribution in [0.15, 0.2) is 24.3 Å². The van der Waals surface area contributed by atoms with Crippen LogP contribution >= 0.6 is 0 Å². The Kier molecular flexibility index (Phi) is 6.79. The van der Waals surface area contributed by atoms with E-state index in [9.17, 15) is 0 Å². The highest BCUT2D eigenvalue weighted by Gasteiger charge is 2.16. The molecule has 0 unspecified atom stereocenters. The second-order valence-electron chi connectivity index (χ2n) is 5.27. The fraction of sp³-hybridized carbons (Fsp3) is 0.625. The van der Waals surface area contributed by atoms with Gasteiger partial charge in [0.2, 0.25) is 0 Å². The number of benzene rings is 1. The summed E-state index contributed by atoms with van der Waals surface area (Å²) in [4.78, 5) is 4.94. The summed E-state index contributed by atoms with van der Waals surface area (Å²) in [6.45, 7) is 8.23. The van der Waals surface area contributed by atoms with Gasteiger partial charge in [0.05, 0.1) is 13.7 Å². The van der Waals surface area contributed by atoms with Crippen LogP contribution in [0.1, 0.15) is 0 Å². The Hall–Kier alpha value is -1.30. The molecule has 2 rings (SSSR count). The molecule has 1 aliphatic heterocycles. The second-order valence-corrected chi connectivity index (χ2v) is 5.27. The summed E-state index contributed by atoms with van der Waals surface area (Å²) in [7, 11) is 3.45. The molecule has 1 saturated heterocycles. The number of nitrogens with one attached hydrogen (secondary N) is 1. The molecule has 5 nitrogen and oxygen atoms in total. The molecule has 0 bridgehead atoms. The zero-order valence-electron chi connectivity index (χ0n) is 13.2. The zero-order valence-corrected chi connectivity index (χ0v) is 13.2. The standard InChI is InChI=1S/C16H27N3O2/c1-20-13-7-17-6-8-18-9-11-19(12-10-18)15-4-3-5-16(14-15)21-2/h3-5,14,17H,6-13H2,1-2H3. The highest BCUT2D eigenvalue weighted by atomic mass is 16.5. The topological polar surface area (TPSA) is 37.0 Å². The van der Waals surface area contributed by atoms with Crippen LogP contribution in [-0.2, 0) is 4.74 Å². The van der Waals surface area contributed by atoms with Crippen LogP contribution in [0.25, 0.3) is 0 Å². The maximum Gasteiger partial charge on any atom is 0.120 e. The molecule has 1 fully saturated rings. The molecule has 1 aliphatic rings. The number of methoxy groups -OCH3 is 2. The van der Waals surface area contributed by atoms with Gasteiger partial charge in [0.25, 0.3) is 0 Å². The molecule has 0 aliphatic carbocycles. The molecule has 1 N–H and O–H groups in total. The largest absolute Gasteiger partial charge is 0.497 e. The van der Waals surface area contributed by atoms with Gasteiger partial charge in [-0.25, -0.2) is 0 Å². The first kappa shape index (κ1) is 16.1. The highest BCUT2D eigenvalue weighted by molar-refractivity contribution is 5.51. The summed E-state index contributed by atoms with van der Waals surface area (Å²) < 4.78 is 10.3. The third kappa shape index (κ3) is 5.19. The normalized spacial score (nSPS) is 16.2. The quantitative estimate of drug-likeness (QED) is 0.725. The monoisotopic (exact) mass is 293 g/mol. The first-order valence-corrected chi connectivity index (χ1v) is 7.64. The Labute approximate surface area is 127 Å². The number of ether oxygens (including phenoxy) is 2. The van der Waals surface area contributed by atoms with Crippen molar-refractivity contribution in [1.29, 1.82) is 0 Å². The van der Waals surface area contributed by atoms with E-state index in [0.717, 1.165) is 58.2 Å². The molecular weight excluding hydrogens is 266 g/mol. The van der Waals surface area contributed by atoms with Crippen molar-refractivity contribution in [2.24, 2.45) is 0 Å². The Balaban J connectivity index is 1.70. The molecule has 0 radical (unpaired) electrons. The smallest absolute Gasteiger partial charge is 0.120 e. The predicted octanol–water partition coefficient (Wildman–Crippen LogP) is 1.05. The minimum Gasteiger partial charge on any atom is -0.497 e. The van der Waals surface area contributed by atoms with Gasteiger partial charge >= 0.3 is 0 Å². The highest BCUT2D eigenvalue weighted by Crippen LogP contribution is 2.21. The predicted molar refractivity (Wildman–Crippen MR) is 86.4 cm³/mol. The van der Waals surface area contributed by atoms with Crippen molar-refractivity contribution in [3.63, 3.8) is 0 Å². The van der Waals surface area contributed by atoms with E-state index in [-0.39, 0.29) is 0 Å². The zero-order chi connectivity index (χ0) is 14.9. The van der Waals surface area contributed by atoms with Gasteiger partial charge < -0.3 is 19.7 Å². The van der Waals surface area contributed by atoms with Crippen molar-refractivity contribution in [1.82, 2.24) is 10.2 Å². The number of nitrogens with zero attached hydrogens (tertiary/aromatic N) is 2. The van der Waals surface area contributed by atoms with Gasteiger partial charge in [-0.05, 0) is 12.1 Å². The summed E-state index contributed by atoms with van der Waals surface area (Å²) in [5.74, 6) is 0.928. The van der Waals surface area contributed by atoms with Crippen molar-refractivity contribution in [2.75, 3.05) is 71.5 Å². The first-order chi connectivity index (χ1) is 10.3. The number of hydrogen-bond acceptors (Lipinski definition) is 5. The number of rotatable bonds is 8. The lowest BCUT2D eigenvalue weighted by atomic mass is 10.2. The molecule has 1 aromatic rings. The summed E-state index contributed by atoms with van der Waals surface area (Å²) >= 11 is 0. The van der Waals surface area contributed by atoms with Crippen LogP contribution in [0.5, 0.6) is 5.75 Å². The first-order valence-electron chi connectivity index (χ1n) is 7.64. The third-order valence-electron chi connectivity index (χ3n) is 3.88. The van der Waals surface area contributed by atoms with Gasteiger partial charge in [-0.15, -0.1) is 0 Å². The number of anilines is 1. The lowest BCUT2D eigenvalue weighted by Gasteiger charge is -2.36. The molecule has 0 aromatic heterocycles. The van der Waals surface area contributed by atoms with Crippen molar-refractivity contribution in [3.05, 3.63) is 24.3 Å². The van der Waals surface area contributed by atoms with E-state index in [1.165, 1.54) is 5.69 Å². The van der Waals surface area contributed by atoms with E-state index in [1.807, 2.05) is 6.07 Å². The van der Waals surface area contributed by atoms with Crippen molar-refractivity contribution >= 4 is 5.69 Å². The molecule has 0 atom stereocenters. The molecule has 118 valence electrons. The Morgan fingerprint density at radius 1 is 1.10 bits per heavy atom. The van der Waals surface area contributed by atoms with Crippen LogP contribution in [0.2, 0.25) is 0 Å². The fourth-order valence-corrected chi connectivity index (χ4v) is 2.57. The maximum absolute atomic E-state index is 5.30. The van der Waals surface area contributed by atoms with Crippen LogP contribution in [0.3, 0.4) is 0 Å². The van der Waals surface area contributed by atoms with Gasteiger partial charge in [-0.2, -0.15) is 0 Å². The molecule has 0 saturated carbocycles. The van der Waals surface area contributed by atoms with E-state index in [1.54, 1.807) is 14.2 Å². The molecule has 1 aromatic carbocycles.